The molecule has 0 spiro atoms. The van der Waals surface area contributed by atoms with Crippen LogP contribution in [-0.4, -0.2) is 24.3 Å². The highest BCUT2D eigenvalue weighted by Gasteiger charge is 2.29. The van der Waals surface area contributed by atoms with Gasteiger partial charge in [-0.1, -0.05) is 23.7 Å². The largest absolute Gasteiger partial charge is 0.311 e. The van der Waals surface area contributed by atoms with Crippen LogP contribution in [0.3, 0.4) is 0 Å². The molecule has 0 saturated heterocycles. The summed E-state index contributed by atoms with van der Waals surface area (Å²) in [5, 5.41) is 10.0. The van der Waals surface area contributed by atoms with E-state index in [0.717, 1.165) is 21.8 Å². The fraction of sp³-hybridized carbons (Fsp3) is 0.294. The molecule has 6 heteroatoms. The second-order valence-corrected chi connectivity index (χ2v) is 7.33. The summed E-state index contributed by atoms with van der Waals surface area (Å²) in [7, 11) is 0. The van der Waals surface area contributed by atoms with Gasteiger partial charge in [-0.05, 0) is 38.5 Å². The predicted molar refractivity (Wildman–Crippen MR) is 99.6 cm³/mol. The number of thiophene rings is 1. The summed E-state index contributed by atoms with van der Waals surface area (Å²) in [6, 6.07) is 7.69. The number of rotatable bonds is 2. The zero-order valence-corrected chi connectivity index (χ0v) is 14.9. The van der Waals surface area contributed by atoms with E-state index in [4.69, 9.17) is 27.7 Å². The fourth-order valence-electron chi connectivity index (χ4n) is 2.76. The van der Waals surface area contributed by atoms with Gasteiger partial charge in [0.05, 0.1) is 18.4 Å². The van der Waals surface area contributed by atoms with Gasteiger partial charge in [0, 0.05) is 21.0 Å². The van der Waals surface area contributed by atoms with E-state index >= 15 is 0 Å². The Morgan fingerprint density at radius 2 is 1.96 bits per heavy atom. The molecule has 1 aliphatic rings. The summed E-state index contributed by atoms with van der Waals surface area (Å²) in [5.74, 6) is 0.423. The molecule has 0 aliphatic carbocycles. The van der Waals surface area contributed by atoms with E-state index in [-0.39, 0.29) is 6.17 Å². The molecular formula is C17H19ClN4S. The lowest BCUT2D eigenvalue weighted by atomic mass is 10.00. The number of amidine groups is 1. The van der Waals surface area contributed by atoms with Crippen LogP contribution in [0.5, 0.6) is 0 Å². The average molecular weight is 347 g/mol. The fourth-order valence-corrected chi connectivity index (χ4v) is 4.16. The monoisotopic (exact) mass is 346 g/mol. The second kappa shape index (κ2) is 6.07. The Morgan fingerprint density at radius 3 is 2.57 bits per heavy atom. The summed E-state index contributed by atoms with van der Waals surface area (Å²) in [6.45, 7) is 6.41. The molecule has 0 amide bonds. The first-order valence-corrected chi connectivity index (χ1v) is 8.62. The number of nitrogens with one attached hydrogen (secondary N) is 1. The molecule has 23 heavy (non-hydrogen) atoms. The topological polar surface area (TPSA) is 65.5 Å². The van der Waals surface area contributed by atoms with E-state index in [1.807, 2.05) is 36.1 Å². The normalized spacial score (nSPS) is 16.0. The van der Waals surface area contributed by atoms with Gasteiger partial charge >= 0.3 is 0 Å². The molecule has 0 saturated carbocycles. The van der Waals surface area contributed by atoms with Crippen molar-refractivity contribution in [2.24, 2.45) is 10.7 Å². The number of nitrogens with two attached hydrogens (primary N) is 1. The molecule has 2 heterocycles. The number of hydrogen-bond acceptors (Lipinski definition) is 4. The number of hydrogen-bond donors (Lipinski definition) is 2. The maximum atomic E-state index is 8.34. The molecule has 3 rings (SSSR count). The highest BCUT2D eigenvalue weighted by molar-refractivity contribution is 7.17. The molecule has 0 bridgehead atoms. The molecule has 1 aromatic heterocycles. The van der Waals surface area contributed by atoms with Crippen LogP contribution in [0.4, 0.5) is 5.00 Å². The Morgan fingerprint density at radius 1 is 1.30 bits per heavy atom. The predicted octanol–water partition coefficient (Wildman–Crippen LogP) is 3.96. The number of aliphatic imine (C=N–C) groups is 1. The first-order valence-electron chi connectivity index (χ1n) is 7.43. The third kappa shape index (κ3) is 2.80. The van der Waals surface area contributed by atoms with E-state index in [1.165, 1.54) is 10.4 Å². The van der Waals surface area contributed by atoms with E-state index < -0.39 is 0 Å². The van der Waals surface area contributed by atoms with Gasteiger partial charge < -0.3 is 10.6 Å². The van der Waals surface area contributed by atoms with Crippen LogP contribution in [0.2, 0.25) is 5.02 Å². The van der Waals surface area contributed by atoms with Gasteiger partial charge in [0.2, 0.25) is 0 Å². The lowest BCUT2D eigenvalue weighted by Crippen LogP contribution is -2.44. The number of aryl methyl sites for hydroxylation is 1. The van der Waals surface area contributed by atoms with Crippen molar-refractivity contribution < 1.29 is 0 Å². The molecule has 0 fully saturated rings. The highest BCUT2D eigenvalue weighted by Crippen LogP contribution is 2.39. The standard InChI is InChI=1S/C17H19ClN4S/c1-9-10(2)23-17-15(9)16(12-4-6-13(18)7-5-12)21-8-14(20)22(17)11(3)19/h4-7,11,20H,8,19H2,1-3H3. The number of anilines is 1. The van der Waals surface area contributed by atoms with Crippen molar-refractivity contribution in [3.8, 4) is 0 Å². The van der Waals surface area contributed by atoms with Crippen LogP contribution < -0.4 is 10.6 Å². The van der Waals surface area contributed by atoms with Gasteiger partial charge in [0.1, 0.15) is 10.8 Å². The van der Waals surface area contributed by atoms with Crippen molar-refractivity contribution in [3.63, 3.8) is 0 Å². The van der Waals surface area contributed by atoms with Crippen LogP contribution in [0.15, 0.2) is 29.3 Å². The van der Waals surface area contributed by atoms with Crippen molar-refractivity contribution in [2.75, 3.05) is 11.4 Å². The minimum Gasteiger partial charge on any atom is -0.311 e. The Balaban J connectivity index is 2.23. The van der Waals surface area contributed by atoms with Crippen LogP contribution in [-0.2, 0) is 0 Å². The van der Waals surface area contributed by atoms with Gasteiger partial charge in [-0.15, -0.1) is 11.3 Å². The van der Waals surface area contributed by atoms with Crippen molar-refractivity contribution in [1.29, 1.82) is 5.41 Å². The van der Waals surface area contributed by atoms with Crippen LogP contribution in [0.25, 0.3) is 0 Å². The van der Waals surface area contributed by atoms with Gasteiger partial charge in [-0.2, -0.15) is 0 Å². The Labute approximate surface area is 145 Å². The Bertz CT molecular complexity index is 790. The summed E-state index contributed by atoms with van der Waals surface area (Å²) in [5.41, 5.74) is 10.3. The Kier molecular flexibility index (Phi) is 4.27. The maximum Gasteiger partial charge on any atom is 0.124 e. The van der Waals surface area contributed by atoms with Crippen molar-refractivity contribution >= 4 is 39.5 Å². The number of halogens is 1. The van der Waals surface area contributed by atoms with E-state index in [1.54, 1.807) is 11.3 Å². The first-order chi connectivity index (χ1) is 10.9. The first kappa shape index (κ1) is 16.2. The second-order valence-electron chi connectivity index (χ2n) is 5.69. The summed E-state index contributed by atoms with van der Waals surface area (Å²) in [6.07, 6.45) is -0.265. The van der Waals surface area contributed by atoms with Gasteiger partial charge in [-0.25, -0.2) is 0 Å². The third-order valence-corrected chi connectivity index (χ3v) is 5.48. The SMILES string of the molecule is Cc1sc2c(c1C)C(c1ccc(Cl)cc1)=NCC(=N)N2C(C)N. The molecule has 1 aliphatic heterocycles. The average Bonchev–Trinajstić information content (AvgIpc) is 2.68. The molecular weight excluding hydrogens is 328 g/mol. The quantitative estimate of drug-likeness (QED) is 0.864. The lowest BCUT2D eigenvalue weighted by molar-refractivity contribution is 0.765. The highest BCUT2D eigenvalue weighted by atomic mass is 35.5. The van der Waals surface area contributed by atoms with Gasteiger partial charge in [0.15, 0.2) is 0 Å². The Hall–Kier alpha value is -1.69. The number of nitrogens with zero attached hydrogens (tertiary/aromatic N) is 2. The third-order valence-electron chi connectivity index (χ3n) is 4.02. The van der Waals surface area contributed by atoms with E-state index in [0.29, 0.717) is 17.4 Å². The van der Waals surface area contributed by atoms with Crippen LogP contribution >= 0.6 is 22.9 Å². The molecule has 1 atom stereocenters. The zero-order chi connectivity index (χ0) is 16.7. The molecule has 0 radical (unpaired) electrons. The molecule has 2 aromatic rings. The van der Waals surface area contributed by atoms with E-state index in [9.17, 15) is 0 Å². The minimum absolute atomic E-state index is 0.265. The van der Waals surface area contributed by atoms with Crippen LogP contribution in [0.1, 0.15) is 28.5 Å². The van der Waals surface area contributed by atoms with Crippen molar-refractivity contribution in [3.05, 3.63) is 50.9 Å². The van der Waals surface area contributed by atoms with Gasteiger partial charge in [-0.3, -0.25) is 10.4 Å². The number of benzene rings is 1. The van der Waals surface area contributed by atoms with E-state index in [2.05, 4.69) is 13.8 Å². The molecule has 1 aromatic carbocycles. The zero-order valence-electron chi connectivity index (χ0n) is 13.4. The summed E-state index contributed by atoms with van der Waals surface area (Å²) < 4.78 is 0. The minimum atomic E-state index is -0.265. The smallest absolute Gasteiger partial charge is 0.124 e. The van der Waals surface area contributed by atoms with Crippen molar-refractivity contribution in [2.45, 2.75) is 26.9 Å². The molecule has 4 nitrogen and oxygen atoms in total. The van der Waals surface area contributed by atoms with Crippen LogP contribution in [0, 0.1) is 19.3 Å². The maximum absolute atomic E-state index is 8.34. The lowest BCUT2D eigenvalue weighted by Gasteiger charge is -2.26. The van der Waals surface area contributed by atoms with Gasteiger partial charge in [0.25, 0.3) is 0 Å². The molecule has 120 valence electrons. The molecule has 1 unspecified atom stereocenters. The number of fused-ring (bicyclic) bond motifs is 1. The summed E-state index contributed by atoms with van der Waals surface area (Å²) in [4.78, 5) is 7.81. The summed E-state index contributed by atoms with van der Waals surface area (Å²) >= 11 is 7.68. The molecule has 3 N–H and O–H groups in total. The van der Waals surface area contributed by atoms with Crippen molar-refractivity contribution in [1.82, 2.24) is 0 Å².